The molecule has 0 aliphatic carbocycles. The van der Waals surface area contributed by atoms with E-state index in [1.54, 1.807) is 19.1 Å². The number of hydrogen-bond donors (Lipinski definition) is 1. The van der Waals surface area contributed by atoms with E-state index in [9.17, 15) is 9.90 Å². The third-order valence-corrected chi connectivity index (χ3v) is 4.74. The fourth-order valence-electron chi connectivity index (χ4n) is 2.82. The van der Waals surface area contributed by atoms with Crippen LogP contribution in [0.5, 0.6) is 5.75 Å². The van der Waals surface area contributed by atoms with Crippen LogP contribution in [-0.2, 0) is 4.79 Å². The van der Waals surface area contributed by atoms with E-state index in [0.29, 0.717) is 17.3 Å². The molecular formula is C17H24ClNO3. The van der Waals surface area contributed by atoms with E-state index < -0.39 is 6.10 Å². The molecule has 1 N–H and O–H groups in total. The number of hydrogen-bond acceptors (Lipinski definition) is 3. The number of amides is 1. The van der Waals surface area contributed by atoms with Crippen molar-refractivity contribution in [3.63, 3.8) is 0 Å². The number of aliphatic hydroxyl groups excluding tert-OH is 1. The number of benzene rings is 1. The Bertz CT molecular complexity index is 535. The molecule has 122 valence electrons. The van der Waals surface area contributed by atoms with Gasteiger partial charge in [-0.15, -0.1) is 0 Å². The van der Waals surface area contributed by atoms with Gasteiger partial charge >= 0.3 is 0 Å². The van der Waals surface area contributed by atoms with Crippen LogP contribution in [0.4, 0.5) is 0 Å². The Labute approximate surface area is 137 Å². The molecule has 3 unspecified atom stereocenters. The number of aryl methyl sites for hydroxylation is 1. The lowest BCUT2D eigenvalue weighted by Crippen LogP contribution is -2.50. The maximum atomic E-state index is 12.6. The van der Waals surface area contributed by atoms with Gasteiger partial charge in [-0.1, -0.05) is 11.6 Å². The number of halogens is 1. The van der Waals surface area contributed by atoms with Crippen LogP contribution in [0.25, 0.3) is 0 Å². The van der Waals surface area contributed by atoms with E-state index in [1.165, 1.54) is 0 Å². The Kier molecular flexibility index (Phi) is 5.70. The average molecular weight is 326 g/mol. The Morgan fingerprint density at radius 2 is 2.23 bits per heavy atom. The summed E-state index contributed by atoms with van der Waals surface area (Å²) in [7, 11) is 0. The Balaban J connectivity index is 2.02. The standard InChI is InChI=1S/C17H24ClNO3/c1-11-8-15(6-7-16(11)18)22-13(3)17(21)19-9-14(10-20)5-4-12(19)2/h6-8,12-14,20H,4-5,9-10H2,1-3H3. The van der Waals surface area contributed by atoms with Gasteiger partial charge in [-0.3, -0.25) is 4.79 Å². The van der Waals surface area contributed by atoms with Gasteiger partial charge in [0.2, 0.25) is 0 Å². The van der Waals surface area contributed by atoms with E-state index in [1.807, 2.05) is 24.8 Å². The second-order valence-corrected chi connectivity index (χ2v) is 6.54. The molecule has 0 bridgehead atoms. The number of piperidine rings is 1. The van der Waals surface area contributed by atoms with Gasteiger partial charge in [0.25, 0.3) is 5.91 Å². The maximum Gasteiger partial charge on any atom is 0.263 e. The summed E-state index contributed by atoms with van der Waals surface area (Å²) in [5.74, 6) is 0.787. The van der Waals surface area contributed by atoms with Gasteiger partial charge < -0.3 is 14.7 Å². The van der Waals surface area contributed by atoms with Crippen molar-refractivity contribution in [2.24, 2.45) is 5.92 Å². The SMILES string of the molecule is Cc1cc(OC(C)C(=O)N2CC(CO)CCC2C)ccc1Cl. The molecule has 1 aromatic rings. The quantitative estimate of drug-likeness (QED) is 0.925. The first-order valence-electron chi connectivity index (χ1n) is 7.76. The molecule has 3 atom stereocenters. The summed E-state index contributed by atoms with van der Waals surface area (Å²) >= 11 is 6.00. The highest BCUT2D eigenvalue weighted by Crippen LogP contribution is 2.25. The van der Waals surface area contributed by atoms with Crippen molar-refractivity contribution in [3.8, 4) is 5.75 Å². The maximum absolute atomic E-state index is 12.6. The number of rotatable bonds is 4. The zero-order chi connectivity index (χ0) is 16.3. The molecule has 1 amide bonds. The molecule has 1 aromatic carbocycles. The number of ether oxygens (including phenoxy) is 1. The molecule has 0 spiro atoms. The minimum absolute atomic E-state index is 0.0294. The number of nitrogens with zero attached hydrogens (tertiary/aromatic N) is 1. The summed E-state index contributed by atoms with van der Waals surface area (Å²) in [6.07, 6.45) is 1.33. The molecule has 5 heteroatoms. The predicted octanol–water partition coefficient (Wildman–Crippen LogP) is 3.04. The molecule has 1 aliphatic rings. The van der Waals surface area contributed by atoms with Gasteiger partial charge in [-0.05, 0) is 63.3 Å². The first-order valence-corrected chi connectivity index (χ1v) is 8.14. The summed E-state index contributed by atoms with van der Waals surface area (Å²) in [5.41, 5.74) is 0.922. The second kappa shape index (κ2) is 7.34. The molecule has 0 saturated carbocycles. The summed E-state index contributed by atoms with van der Waals surface area (Å²) < 4.78 is 5.77. The van der Waals surface area contributed by atoms with Crippen LogP contribution in [-0.4, -0.2) is 41.2 Å². The van der Waals surface area contributed by atoms with Crippen LogP contribution in [0, 0.1) is 12.8 Å². The largest absolute Gasteiger partial charge is 0.481 e. The molecule has 22 heavy (non-hydrogen) atoms. The number of likely N-dealkylation sites (tertiary alicyclic amines) is 1. The highest BCUT2D eigenvalue weighted by atomic mass is 35.5. The Morgan fingerprint density at radius 1 is 1.50 bits per heavy atom. The molecule has 0 radical (unpaired) electrons. The van der Waals surface area contributed by atoms with Crippen LogP contribution in [0.3, 0.4) is 0 Å². The third-order valence-electron chi connectivity index (χ3n) is 4.31. The fraction of sp³-hybridized carbons (Fsp3) is 0.588. The van der Waals surface area contributed by atoms with Crippen molar-refractivity contribution < 1.29 is 14.6 Å². The average Bonchev–Trinajstić information content (AvgIpc) is 2.50. The third kappa shape index (κ3) is 3.93. The molecule has 1 heterocycles. The lowest BCUT2D eigenvalue weighted by Gasteiger charge is -2.38. The zero-order valence-electron chi connectivity index (χ0n) is 13.4. The molecule has 0 aromatic heterocycles. The fourth-order valence-corrected chi connectivity index (χ4v) is 2.93. The van der Waals surface area contributed by atoms with Crippen LogP contribution in [0.15, 0.2) is 18.2 Å². The number of carbonyl (C=O) groups is 1. The molecule has 1 saturated heterocycles. The number of aliphatic hydroxyl groups is 1. The van der Waals surface area contributed by atoms with Crippen molar-refractivity contribution in [2.75, 3.05) is 13.2 Å². The highest BCUT2D eigenvalue weighted by Gasteiger charge is 2.31. The Hall–Kier alpha value is -1.26. The molecule has 1 aliphatic heterocycles. The van der Waals surface area contributed by atoms with Crippen molar-refractivity contribution in [1.82, 2.24) is 4.90 Å². The van der Waals surface area contributed by atoms with E-state index in [4.69, 9.17) is 16.3 Å². The number of carbonyl (C=O) groups excluding carboxylic acids is 1. The Morgan fingerprint density at radius 3 is 2.86 bits per heavy atom. The van der Waals surface area contributed by atoms with Gasteiger partial charge in [-0.25, -0.2) is 0 Å². The summed E-state index contributed by atoms with van der Waals surface area (Å²) in [5, 5.41) is 10.0. The molecule has 4 nitrogen and oxygen atoms in total. The van der Waals surface area contributed by atoms with Gasteiger partial charge in [-0.2, -0.15) is 0 Å². The zero-order valence-corrected chi connectivity index (χ0v) is 14.1. The lowest BCUT2D eigenvalue weighted by atomic mass is 9.93. The monoisotopic (exact) mass is 325 g/mol. The van der Waals surface area contributed by atoms with Gasteiger partial charge in [0.15, 0.2) is 6.10 Å². The minimum Gasteiger partial charge on any atom is -0.481 e. The van der Waals surface area contributed by atoms with Crippen LogP contribution >= 0.6 is 11.6 Å². The predicted molar refractivity (Wildman–Crippen MR) is 87.3 cm³/mol. The van der Waals surface area contributed by atoms with E-state index >= 15 is 0 Å². The summed E-state index contributed by atoms with van der Waals surface area (Å²) in [4.78, 5) is 14.5. The molecular weight excluding hydrogens is 302 g/mol. The second-order valence-electron chi connectivity index (χ2n) is 6.14. The van der Waals surface area contributed by atoms with Crippen LogP contribution < -0.4 is 4.74 Å². The van der Waals surface area contributed by atoms with Crippen LogP contribution in [0.2, 0.25) is 5.02 Å². The van der Waals surface area contributed by atoms with Crippen molar-refractivity contribution in [1.29, 1.82) is 0 Å². The van der Waals surface area contributed by atoms with Gasteiger partial charge in [0.1, 0.15) is 5.75 Å². The van der Waals surface area contributed by atoms with E-state index in [-0.39, 0.29) is 24.5 Å². The van der Waals surface area contributed by atoms with Crippen molar-refractivity contribution in [2.45, 2.75) is 45.8 Å². The van der Waals surface area contributed by atoms with E-state index in [0.717, 1.165) is 18.4 Å². The van der Waals surface area contributed by atoms with Crippen LogP contribution in [0.1, 0.15) is 32.3 Å². The summed E-state index contributed by atoms with van der Waals surface area (Å²) in [6, 6.07) is 5.57. The van der Waals surface area contributed by atoms with Crippen molar-refractivity contribution in [3.05, 3.63) is 28.8 Å². The van der Waals surface area contributed by atoms with Gasteiger partial charge in [0, 0.05) is 24.2 Å². The first-order chi connectivity index (χ1) is 10.4. The topological polar surface area (TPSA) is 49.8 Å². The highest BCUT2D eigenvalue weighted by molar-refractivity contribution is 6.31. The van der Waals surface area contributed by atoms with Gasteiger partial charge in [0.05, 0.1) is 0 Å². The molecule has 1 fully saturated rings. The summed E-state index contributed by atoms with van der Waals surface area (Å²) in [6.45, 7) is 6.44. The van der Waals surface area contributed by atoms with E-state index in [2.05, 4.69) is 0 Å². The first kappa shape index (κ1) is 17.1. The minimum atomic E-state index is -0.555. The normalized spacial score (nSPS) is 23.2. The lowest BCUT2D eigenvalue weighted by molar-refractivity contribution is -0.142. The molecule has 2 rings (SSSR count). The smallest absolute Gasteiger partial charge is 0.263 e. The van der Waals surface area contributed by atoms with Crippen molar-refractivity contribution >= 4 is 17.5 Å².